The average molecular weight is 443 g/mol. The van der Waals surface area contributed by atoms with Crippen LogP contribution in [0.4, 0.5) is 0 Å². The summed E-state index contributed by atoms with van der Waals surface area (Å²) >= 11 is 7.65. The molecule has 0 aliphatic rings. The molecule has 28 heavy (non-hydrogen) atoms. The Balaban J connectivity index is 2.04. The highest BCUT2D eigenvalue weighted by molar-refractivity contribution is 7.98. The lowest BCUT2D eigenvalue weighted by molar-refractivity contribution is -0.121. The van der Waals surface area contributed by atoms with Crippen molar-refractivity contribution in [2.75, 3.05) is 27.0 Å². The number of sulfonamides is 1. The van der Waals surface area contributed by atoms with Gasteiger partial charge in [0.1, 0.15) is 5.75 Å². The molecular weight excluding hydrogens is 420 g/mol. The Morgan fingerprint density at radius 1 is 1.25 bits per heavy atom. The lowest BCUT2D eigenvalue weighted by atomic mass is 10.1. The largest absolute Gasteiger partial charge is 0.495 e. The van der Waals surface area contributed by atoms with Crippen LogP contribution in [-0.4, -0.2) is 45.6 Å². The summed E-state index contributed by atoms with van der Waals surface area (Å²) < 4.78 is 31.4. The van der Waals surface area contributed by atoms with Crippen LogP contribution in [0.25, 0.3) is 0 Å². The van der Waals surface area contributed by atoms with E-state index < -0.39 is 15.9 Å². The molecule has 0 saturated carbocycles. The minimum Gasteiger partial charge on any atom is -0.495 e. The van der Waals surface area contributed by atoms with E-state index in [2.05, 4.69) is 5.32 Å². The van der Waals surface area contributed by atoms with Gasteiger partial charge in [0, 0.05) is 11.9 Å². The Bertz CT molecular complexity index is 933. The third-order valence-corrected chi connectivity index (χ3v) is 7.03. The van der Waals surface area contributed by atoms with E-state index in [0.29, 0.717) is 5.75 Å². The lowest BCUT2D eigenvalue weighted by Gasteiger charge is -2.20. The van der Waals surface area contributed by atoms with Crippen molar-refractivity contribution in [1.82, 2.24) is 9.62 Å². The molecule has 1 atom stereocenters. The van der Waals surface area contributed by atoms with Crippen molar-refractivity contribution in [3.63, 3.8) is 0 Å². The van der Waals surface area contributed by atoms with Gasteiger partial charge in [0.05, 0.1) is 29.6 Å². The number of likely N-dealkylation sites (N-methyl/N-ethyl adjacent to an activating group) is 1. The predicted molar refractivity (Wildman–Crippen MR) is 113 cm³/mol. The van der Waals surface area contributed by atoms with Crippen molar-refractivity contribution in [2.45, 2.75) is 22.8 Å². The number of hydrogen-bond acceptors (Lipinski definition) is 5. The predicted octanol–water partition coefficient (Wildman–Crippen LogP) is 3.57. The van der Waals surface area contributed by atoms with E-state index in [1.165, 1.54) is 32.4 Å². The first-order valence-corrected chi connectivity index (χ1v) is 11.5. The lowest BCUT2D eigenvalue weighted by Crippen LogP contribution is -2.39. The van der Waals surface area contributed by atoms with E-state index in [0.717, 1.165) is 14.8 Å². The van der Waals surface area contributed by atoms with Crippen LogP contribution in [0.2, 0.25) is 5.02 Å². The van der Waals surface area contributed by atoms with Gasteiger partial charge in [-0.25, -0.2) is 8.42 Å². The summed E-state index contributed by atoms with van der Waals surface area (Å²) in [6.45, 7) is 1.54. The molecule has 6 nitrogen and oxygen atoms in total. The van der Waals surface area contributed by atoms with Gasteiger partial charge in [-0.1, -0.05) is 23.7 Å². The zero-order valence-corrected chi connectivity index (χ0v) is 18.5. The Morgan fingerprint density at radius 2 is 1.89 bits per heavy atom. The second-order valence-electron chi connectivity index (χ2n) is 6.12. The summed E-state index contributed by atoms with van der Waals surface area (Å²) in [6, 6.07) is 11.8. The van der Waals surface area contributed by atoms with Crippen LogP contribution in [0.5, 0.6) is 5.75 Å². The molecule has 0 bridgehead atoms. The fourth-order valence-corrected chi connectivity index (χ4v) is 4.42. The van der Waals surface area contributed by atoms with E-state index in [1.807, 2.05) is 37.4 Å². The number of ether oxygens (including phenoxy) is 1. The average Bonchev–Trinajstić information content (AvgIpc) is 2.67. The molecule has 0 fully saturated rings. The summed E-state index contributed by atoms with van der Waals surface area (Å²) in [7, 11) is -1.06. The fourth-order valence-electron chi connectivity index (χ4n) is 2.54. The number of thioether (sulfide) groups is 1. The van der Waals surface area contributed by atoms with E-state index in [-0.39, 0.29) is 22.5 Å². The molecule has 2 aromatic carbocycles. The number of hydrogen-bond donors (Lipinski definition) is 1. The molecule has 0 aliphatic heterocycles. The zero-order valence-electron chi connectivity index (χ0n) is 16.1. The summed E-state index contributed by atoms with van der Waals surface area (Å²) in [6.07, 6.45) is 1.99. The maximum Gasteiger partial charge on any atom is 0.243 e. The van der Waals surface area contributed by atoms with Crippen molar-refractivity contribution in [1.29, 1.82) is 0 Å². The number of amides is 1. The van der Waals surface area contributed by atoms with E-state index in [4.69, 9.17) is 16.3 Å². The number of benzene rings is 2. The number of halogens is 1. The van der Waals surface area contributed by atoms with Crippen LogP contribution in [0.1, 0.15) is 18.5 Å². The first-order chi connectivity index (χ1) is 13.2. The van der Waals surface area contributed by atoms with Gasteiger partial charge >= 0.3 is 0 Å². The Labute approximate surface area is 175 Å². The van der Waals surface area contributed by atoms with Crippen LogP contribution < -0.4 is 10.1 Å². The van der Waals surface area contributed by atoms with Gasteiger partial charge in [-0.15, -0.1) is 11.8 Å². The SMILES string of the molecule is COc1ccc(S(=O)(=O)N(C)CC(=O)NC(C)c2ccc(SC)cc2)cc1Cl. The Morgan fingerprint density at radius 3 is 2.43 bits per heavy atom. The van der Waals surface area contributed by atoms with Crippen molar-refractivity contribution in [2.24, 2.45) is 0 Å². The quantitative estimate of drug-likeness (QED) is 0.632. The highest BCUT2D eigenvalue weighted by Crippen LogP contribution is 2.28. The van der Waals surface area contributed by atoms with Gasteiger partial charge in [0.25, 0.3) is 0 Å². The topological polar surface area (TPSA) is 75.7 Å². The van der Waals surface area contributed by atoms with Crippen molar-refractivity contribution >= 4 is 39.3 Å². The van der Waals surface area contributed by atoms with Crippen LogP contribution in [-0.2, 0) is 14.8 Å². The van der Waals surface area contributed by atoms with Gasteiger partial charge in [0.15, 0.2) is 0 Å². The fraction of sp³-hybridized carbons (Fsp3) is 0.316. The Kier molecular flexibility index (Phi) is 7.77. The number of carbonyl (C=O) groups excluding carboxylic acids is 1. The number of carbonyl (C=O) groups is 1. The zero-order chi connectivity index (χ0) is 20.9. The van der Waals surface area contributed by atoms with Crippen molar-refractivity contribution in [3.8, 4) is 5.75 Å². The molecular formula is C19H23ClN2O4S2. The molecule has 1 N–H and O–H groups in total. The number of rotatable bonds is 8. The molecule has 1 amide bonds. The van der Waals surface area contributed by atoms with Gasteiger partial charge in [0.2, 0.25) is 15.9 Å². The molecule has 0 radical (unpaired) electrons. The Hall–Kier alpha value is -1.74. The van der Waals surface area contributed by atoms with Crippen LogP contribution >= 0.6 is 23.4 Å². The number of nitrogens with one attached hydrogen (secondary N) is 1. The first kappa shape index (κ1) is 22.5. The van der Waals surface area contributed by atoms with Gasteiger partial charge in [-0.2, -0.15) is 4.31 Å². The smallest absolute Gasteiger partial charge is 0.243 e. The van der Waals surface area contributed by atoms with E-state index in [1.54, 1.807) is 11.8 Å². The standard InChI is InChI=1S/C19H23ClN2O4S2/c1-13(14-5-7-15(27-4)8-6-14)21-19(23)12-22(2)28(24,25)16-9-10-18(26-3)17(20)11-16/h5-11,13H,12H2,1-4H3,(H,21,23). The van der Waals surface area contributed by atoms with Gasteiger partial charge in [-0.05, 0) is 49.1 Å². The van der Waals surface area contributed by atoms with E-state index in [9.17, 15) is 13.2 Å². The molecule has 0 spiro atoms. The summed E-state index contributed by atoms with van der Waals surface area (Å²) in [5.74, 6) is -0.0190. The second-order valence-corrected chi connectivity index (χ2v) is 9.45. The van der Waals surface area contributed by atoms with Crippen LogP contribution in [0.15, 0.2) is 52.3 Å². The number of methoxy groups -OCH3 is 1. The molecule has 0 heterocycles. The molecule has 0 aromatic heterocycles. The maximum atomic E-state index is 12.7. The summed E-state index contributed by atoms with van der Waals surface area (Å²) in [5.41, 5.74) is 0.943. The number of nitrogens with zero attached hydrogens (tertiary/aromatic N) is 1. The van der Waals surface area contributed by atoms with Crippen molar-refractivity contribution < 1.29 is 17.9 Å². The third-order valence-electron chi connectivity index (χ3n) is 4.19. The van der Waals surface area contributed by atoms with Crippen LogP contribution in [0.3, 0.4) is 0 Å². The van der Waals surface area contributed by atoms with Gasteiger partial charge in [-0.3, -0.25) is 4.79 Å². The molecule has 9 heteroatoms. The molecule has 2 rings (SSSR count). The molecule has 1 unspecified atom stereocenters. The minimum absolute atomic E-state index is 0.00528. The normalized spacial score (nSPS) is 12.6. The maximum absolute atomic E-state index is 12.7. The monoisotopic (exact) mass is 442 g/mol. The summed E-state index contributed by atoms with van der Waals surface area (Å²) in [5, 5.41) is 3.00. The molecule has 0 aliphatic carbocycles. The second kappa shape index (κ2) is 9.65. The highest BCUT2D eigenvalue weighted by Gasteiger charge is 2.24. The van der Waals surface area contributed by atoms with Crippen molar-refractivity contribution in [3.05, 3.63) is 53.1 Å². The molecule has 152 valence electrons. The van der Waals surface area contributed by atoms with Crippen LogP contribution in [0, 0.1) is 0 Å². The minimum atomic E-state index is -3.86. The molecule has 0 saturated heterocycles. The van der Waals surface area contributed by atoms with Gasteiger partial charge < -0.3 is 10.1 Å². The summed E-state index contributed by atoms with van der Waals surface area (Å²) in [4.78, 5) is 13.5. The third kappa shape index (κ3) is 5.41. The van der Waals surface area contributed by atoms with E-state index >= 15 is 0 Å². The highest BCUT2D eigenvalue weighted by atomic mass is 35.5. The first-order valence-electron chi connectivity index (χ1n) is 8.42. The molecule has 2 aromatic rings.